The Bertz CT molecular complexity index is 1100. The molecule has 6 nitrogen and oxygen atoms in total. The maximum atomic E-state index is 12.9. The van der Waals surface area contributed by atoms with E-state index in [1.807, 2.05) is 0 Å². The van der Waals surface area contributed by atoms with Gasteiger partial charge >= 0.3 is 0 Å². The molecular weight excluding hydrogens is 466 g/mol. The molecule has 2 aromatic rings. The Hall–Kier alpha value is -1.77. The summed E-state index contributed by atoms with van der Waals surface area (Å²) in [7, 11) is -3.27. The van der Waals surface area contributed by atoms with Crippen LogP contribution in [0.15, 0.2) is 29.3 Å². The molecule has 0 saturated heterocycles. The summed E-state index contributed by atoms with van der Waals surface area (Å²) >= 11 is 1.62. The predicted octanol–water partition coefficient (Wildman–Crippen LogP) is 5.21. The molecule has 1 amide bonds. The highest BCUT2D eigenvalue weighted by Crippen LogP contribution is 2.44. The molecule has 1 N–H and O–H groups in total. The van der Waals surface area contributed by atoms with Crippen LogP contribution in [-0.4, -0.2) is 36.5 Å². The quantitative estimate of drug-likeness (QED) is 0.535. The zero-order chi connectivity index (χ0) is 24.5. The number of fused-ring (bicyclic) bond motifs is 1. The van der Waals surface area contributed by atoms with Crippen molar-refractivity contribution in [2.75, 3.05) is 12.3 Å². The van der Waals surface area contributed by atoms with Crippen LogP contribution in [0.3, 0.4) is 0 Å². The van der Waals surface area contributed by atoms with Gasteiger partial charge in [-0.15, -0.1) is 11.3 Å². The summed E-state index contributed by atoms with van der Waals surface area (Å²) in [6.07, 6.45) is 6.74. The number of nitrogens with zero attached hydrogens (tertiary/aromatic N) is 2. The van der Waals surface area contributed by atoms with Gasteiger partial charge in [-0.3, -0.25) is 14.7 Å². The third-order valence-electron chi connectivity index (χ3n) is 7.33. The lowest BCUT2D eigenvalue weighted by Crippen LogP contribution is -2.32. The van der Waals surface area contributed by atoms with Crippen LogP contribution in [-0.2, 0) is 22.9 Å². The first-order valence-electron chi connectivity index (χ1n) is 12.5. The lowest BCUT2D eigenvalue weighted by atomic mass is 9.82. The predicted molar refractivity (Wildman–Crippen MR) is 137 cm³/mol. The Morgan fingerprint density at radius 3 is 2.59 bits per heavy atom. The van der Waals surface area contributed by atoms with E-state index >= 15 is 0 Å². The third-order valence-corrected chi connectivity index (χ3v) is 10.3. The van der Waals surface area contributed by atoms with Gasteiger partial charge < -0.3 is 5.32 Å². The number of rotatable bonds is 8. The molecule has 186 valence electrons. The monoisotopic (exact) mass is 503 g/mol. The molecule has 0 bridgehead atoms. The van der Waals surface area contributed by atoms with Crippen LogP contribution < -0.4 is 5.32 Å². The summed E-state index contributed by atoms with van der Waals surface area (Å²) in [5, 5.41) is 2.95. The summed E-state index contributed by atoms with van der Waals surface area (Å²) in [5.74, 6) is 2.11. The maximum Gasteiger partial charge on any atom is 0.261 e. The molecular formula is C26H37N3O3S2. The molecule has 1 aliphatic carbocycles. The van der Waals surface area contributed by atoms with E-state index in [0.717, 1.165) is 29.8 Å². The van der Waals surface area contributed by atoms with Gasteiger partial charge in [-0.05, 0) is 54.4 Å². The van der Waals surface area contributed by atoms with E-state index in [0.29, 0.717) is 17.7 Å². The molecule has 1 aliphatic heterocycles. The van der Waals surface area contributed by atoms with Crippen molar-refractivity contribution in [2.45, 2.75) is 77.4 Å². The number of pyridine rings is 1. The van der Waals surface area contributed by atoms with Crippen LogP contribution in [0.4, 0.5) is 0 Å². The number of carbonyl (C=O) groups excluding carboxylic acids is 1. The summed E-state index contributed by atoms with van der Waals surface area (Å²) in [4.78, 5) is 22.0. The number of hydrogen-bond acceptors (Lipinski definition) is 6. The molecule has 4 rings (SSSR count). The molecule has 0 unspecified atom stereocenters. The molecule has 2 aliphatic rings. The first kappa shape index (κ1) is 25.3. The fourth-order valence-electron chi connectivity index (χ4n) is 5.28. The number of sulfone groups is 1. The second-order valence-electron chi connectivity index (χ2n) is 10.3. The second kappa shape index (κ2) is 10.5. The second-order valence-corrected chi connectivity index (χ2v) is 13.7. The Morgan fingerprint density at radius 2 is 1.97 bits per heavy atom. The Balaban J connectivity index is 1.38. The van der Waals surface area contributed by atoms with Gasteiger partial charge in [-0.1, -0.05) is 40.5 Å². The van der Waals surface area contributed by atoms with Gasteiger partial charge in [-0.2, -0.15) is 0 Å². The molecule has 8 heteroatoms. The first-order valence-corrected chi connectivity index (χ1v) is 15.0. The highest BCUT2D eigenvalue weighted by molar-refractivity contribution is 7.91. The minimum absolute atomic E-state index is 0.0441. The molecule has 1 atom stereocenters. The normalized spacial score (nSPS) is 23.3. The van der Waals surface area contributed by atoms with Crippen LogP contribution in [0.2, 0.25) is 0 Å². The Morgan fingerprint density at radius 1 is 1.24 bits per heavy atom. The van der Waals surface area contributed by atoms with Crippen molar-refractivity contribution >= 4 is 27.1 Å². The van der Waals surface area contributed by atoms with Crippen molar-refractivity contribution in [3.05, 3.63) is 45.4 Å². The zero-order valence-electron chi connectivity index (χ0n) is 20.7. The fraction of sp³-hybridized carbons (Fsp3) is 0.615. The van der Waals surface area contributed by atoms with Gasteiger partial charge in [0.05, 0.1) is 27.8 Å². The minimum Gasteiger partial charge on any atom is -0.346 e. The third kappa shape index (κ3) is 5.55. The smallest absolute Gasteiger partial charge is 0.261 e. The van der Waals surface area contributed by atoms with Gasteiger partial charge in [0, 0.05) is 30.2 Å². The minimum atomic E-state index is -3.27. The molecule has 0 spiro atoms. The molecule has 1 fully saturated rings. The van der Waals surface area contributed by atoms with Gasteiger partial charge in [0.15, 0.2) is 9.84 Å². The standard InChI is InChI=1S/C26H37N3O3S2/c1-5-34(31,32)22-11-10-21(27-14-22)13-28-26(30)23-12-20-16-29(24(17(2)3)25(20)33-23)15-19-8-6-18(4)7-9-19/h10-12,14,17-19,24H,5-9,13,15-16H2,1-4H3,(H,28,30)/t18?,19?,24-/m0/s1. The van der Waals surface area contributed by atoms with Crippen molar-refractivity contribution in [3.8, 4) is 0 Å². The van der Waals surface area contributed by atoms with E-state index in [-0.39, 0.29) is 23.1 Å². The number of nitrogens with one attached hydrogen (secondary N) is 1. The molecule has 34 heavy (non-hydrogen) atoms. The number of thiophene rings is 1. The van der Waals surface area contributed by atoms with E-state index in [9.17, 15) is 13.2 Å². The SMILES string of the molecule is CCS(=O)(=O)c1ccc(CNC(=O)c2cc3c(s2)[C@H](C(C)C)N(CC2CCC(C)CC2)C3)nc1. The van der Waals surface area contributed by atoms with Crippen LogP contribution in [0.5, 0.6) is 0 Å². The molecule has 2 aromatic heterocycles. The lowest BCUT2D eigenvalue weighted by molar-refractivity contribution is 0.0954. The summed E-state index contributed by atoms with van der Waals surface area (Å²) < 4.78 is 23.9. The first-order chi connectivity index (χ1) is 16.2. The lowest BCUT2D eigenvalue weighted by Gasteiger charge is -2.34. The van der Waals surface area contributed by atoms with Crippen LogP contribution in [0.1, 0.15) is 85.2 Å². The summed E-state index contributed by atoms with van der Waals surface area (Å²) in [5.41, 5.74) is 1.94. The largest absolute Gasteiger partial charge is 0.346 e. The average Bonchev–Trinajstić information content (AvgIpc) is 3.36. The van der Waals surface area contributed by atoms with Crippen LogP contribution >= 0.6 is 11.3 Å². The molecule has 1 saturated carbocycles. The number of amides is 1. The van der Waals surface area contributed by atoms with Crippen LogP contribution in [0.25, 0.3) is 0 Å². The highest BCUT2D eigenvalue weighted by Gasteiger charge is 2.36. The van der Waals surface area contributed by atoms with E-state index in [1.54, 1.807) is 30.4 Å². The number of carbonyl (C=O) groups is 1. The topological polar surface area (TPSA) is 79.4 Å². The van der Waals surface area contributed by atoms with Crippen molar-refractivity contribution in [2.24, 2.45) is 17.8 Å². The number of aromatic nitrogens is 1. The Kier molecular flexibility index (Phi) is 7.79. The molecule has 0 radical (unpaired) electrons. The summed E-state index contributed by atoms with van der Waals surface area (Å²) in [6.45, 7) is 10.9. The maximum absolute atomic E-state index is 12.9. The Labute approximate surface area is 208 Å². The highest BCUT2D eigenvalue weighted by atomic mass is 32.2. The van der Waals surface area contributed by atoms with Crippen molar-refractivity contribution in [1.29, 1.82) is 0 Å². The van der Waals surface area contributed by atoms with Crippen molar-refractivity contribution in [3.63, 3.8) is 0 Å². The van der Waals surface area contributed by atoms with Gasteiger partial charge in [0.25, 0.3) is 5.91 Å². The van der Waals surface area contributed by atoms with E-state index in [1.165, 1.54) is 42.3 Å². The zero-order valence-corrected chi connectivity index (χ0v) is 22.3. The molecule has 3 heterocycles. The number of hydrogen-bond donors (Lipinski definition) is 1. The average molecular weight is 504 g/mol. The van der Waals surface area contributed by atoms with Gasteiger partial charge in [0.2, 0.25) is 0 Å². The summed E-state index contributed by atoms with van der Waals surface area (Å²) in [6, 6.07) is 5.67. The van der Waals surface area contributed by atoms with Crippen molar-refractivity contribution in [1.82, 2.24) is 15.2 Å². The molecule has 0 aromatic carbocycles. The van der Waals surface area contributed by atoms with Gasteiger partial charge in [-0.25, -0.2) is 8.42 Å². The van der Waals surface area contributed by atoms with Gasteiger partial charge in [0.1, 0.15) is 0 Å². The van der Waals surface area contributed by atoms with Crippen LogP contribution in [0, 0.1) is 17.8 Å². The fourth-order valence-corrected chi connectivity index (χ4v) is 7.50. The van der Waals surface area contributed by atoms with E-state index in [2.05, 4.69) is 42.0 Å². The van der Waals surface area contributed by atoms with E-state index < -0.39 is 9.84 Å². The van der Waals surface area contributed by atoms with Crippen molar-refractivity contribution < 1.29 is 13.2 Å². The van der Waals surface area contributed by atoms with E-state index in [4.69, 9.17) is 0 Å².